The predicted octanol–water partition coefficient (Wildman–Crippen LogP) is 3.45. The molecule has 0 aromatic rings. The summed E-state index contributed by atoms with van der Waals surface area (Å²) in [4.78, 5) is 0. The summed E-state index contributed by atoms with van der Waals surface area (Å²) in [5.74, 6) is 0.955. The summed E-state index contributed by atoms with van der Waals surface area (Å²) >= 11 is 0. The Balaban J connectivity index is 4.16. The number of allylic oxidation sites excluding steroid dienone is 4. The van der Waals surface area contributed by atoms with Crippen LogP contribution in [-0.4, -0.2) is 6.61 Å². The second kappa shape index (κ2) is 6.71. The lowest BCUT2D eigenvalue weighted by Crippen LogP contribution is -1.92. The predicted molar refractivity (Wildman–Crippen MR) is 54.0 cm³/mol. The molecule has 0 radical (unpaired) electrons. The molecule has 0 saturated carbocycles. The molecule has 0 aliphatic rings. The maximum atomic E-state index is 5.50. The third-order valence-corrected chi connectivity index (χ3v) is 1.34. The third-order valence-electron chi connectivity index (χ3n) is 1.34. The van der Waals surface area contributed by atoms with Gasteiger partial charge in [-0.15, -0.1) is 0 Å². The molecule has 0 bridgehead atoms. The van der Waals surface area contributed by atoms with Crippen LogP contribution in [0.4, 0.5) is 0 Å². The van der Waals surface area contributed by atoms with Crippen molar-refractivity contribution in [3.8, 4) is 0 Å². The van der Waals surface area contributed by atoms with Gasteiger partial charge in [0, 0.05) is 0 Å². The average molecular weight is 166 g/mol. The lowest BCUT2D eigenvalue weighted by molar-refractivity contribution is 0.221. The van der Waals surface area contributed by atoms with Gasteiger partial charge in [-0.1, -0.05) is 25.7 Å². The van der Waals surface area contributed by atoms with Crippen LogP contribution >= 0.6 is 0 Å². The first-order valence-electron chi connectivity index (χ1n) is 4.31. The minimum atomic E-state index is 0.780. The molecule has 0 atom stereocenters. The summed E-state index contributed by atoms with van der Waals surface area (Å²) in [7, 11) is 0. The second-order valence-electron chi connectivity index (χ2n) is 2.81. The summed E-state index contributed by atoms with van der Waals surface area (Å²) in [5.41, 5.74) is 1.20. The fourth-order valence-corrected chi connectivity index (χ4v) is 0.727. The van der Waals surface area contributed by atoms with E-state index in [1.54, 1.807) is 6.08 Å². The summed E-state index contributed by atoms with van der Waals surface area (Å²) in [6.45, 7) is 10.6. The van der Waals surface area contributed by atoms with E-state index in [1.165, 1.54) is 5.57 Å². The molecule has 1 nitrogen and oxygen atoms in total. The molecule has 0 amide bonds. The van der Waals surface area contributed by atoms with Crippen LogP contribution in [0.25, 0.3) is 0 Å². The zero-order valence-electron chi connectivity index (χ0n) is 8.26. The molecule has 12 heavy (non-hydrogen) atoms. The smallest absolute Gasteiger partial charge is 0.117 e. The van der Waals surface area contributed by atoms with Crippen molar-refractivity contribution in [3.63, 3.8) is 0 Å². The van der Waals surface area contributed by atoms with Crippen molar-refractivity contribution in [1.82, 2.24) is 0 Å². The molecule has 0 heterocycles. The van der Waals surface area contributed by atoms with Gasteiger partial charge in [0.25, 0.3) is 0 Å². The van der Waals surface area contributed by atoms with E-state index in [0.717, 1.165) is 18.8 Å². The van der Waals surface area contributed by atoms with Crippen LogP contribution in [0.1, 0.15) is 27.2 Å². The fraction of sp³-hybridized carbons (Fsp3) is 0.455. The van der Waals surface area contributed by atoms with Gasteiger partial charge in [-0.3, -0.25) is 0 Å². The normalized spacial score (nSPS) is 9.92. The van der Waals surface area contributed by atoms with Gasteiger partial charge in [0.2, 0.25) is 0 Å². The molecule has 0 aliphatic carbocycles. The van der Waals surface area contributed by atoms with Crippen molar-refractivity contribution in [2.75, 3.05) is 6.61 Å². The number of hydrogen-bond acceptors (Lipinski definition) is 1. The highest BCUT2D eigenvalue weighted by Crippen LogP contribution is 2.07. The van der Waals surface area contributed by atoms with Crippen molar-refractivity contribution in [3.05, 3.63) is 36.1 Å². The Morgan fingerprint density at radius 2 is 2.08 bits per heavy atom. The van der Waals surface area contributed by atoms with E-state index in [2.05, 4.69) is 13.5 Å². The van der Waals surface area contributed by atoms with Crippen LogP contribution in [0.2, 0.25) is 0 Å². The molecule has 0 rings (SSSR count). The minimum absolute atomic E-state index is 0.780. The van der Waals surface area contributed by atoms with E-state index >= 15 is 0 Å². The highest BCUT2D eigenvalue weighted by molar-refractivity contribution is 5.20. The topological polar surface area (TPSA) is 9.23 Å². The molecule has 0 aliphatic heterocycles. The lowest BCUT2D eigenvalue weighted by atomic mass is 10.2. The fourth-order valence-electron chi connectivity index (χ4n) is 0.727. The van der Waals surface area contributed by atoms with E-state index in [4.69, 9.17) is 4.74 Å². The number of rotatable bonds is 5. The van der Waals surface area contributed by atoms with Crippen molar-refractivity contribution < 1.29 is 4.74 Å². The van der Waals surface area contributed by atoms with Crippen molar-refractivity contribution in [2.24, 2.45) is 0 Å². The van der Waals surface area contributed by atoms with Gasteiger partial charge in [0.1, 0.15) is 5.76 Å². The standard InChI is InChI=1S/C11H18O/c1-5-7-8-11(10(3)4)12-9-6-2/h5,7-8H,1,6,9H2,2-4H3. The van der Waals surface area contributed by atoms with Crippen LogP contribution in [0.15, 0.2) is 36.1 Å². The van der Waals surface area contributed by atoms with E-state index in [9.17, 15) is 0 Å². The van der Waals surface area contributed by atoms with Crippen molar-refractivity contribution in [2.45, 2.75) is 27.2 Å². The molecule has 0 N–H and O–H groups in total. The van der Waals surface area contributed by atoms with Gasteiger partial charge in [-0.2, -0.15) is 0 Å². The molecular weight excluding hydrogens is 148 g/mol. The molecule has 1 heteroatoms. The number of hydrogen-bond donors (Lipinski definition) is 0. The Morgan fingerprint density at radius 3 is 2.50 bits per heavy atom. The first-order chi connectivity index (χ1) is 5.72. The summed E-state index contributed by atoms with van der Waals surface area (Å²) in [6, 6.07) is 0. The molecule has 68 valence electrons. The van der Waals surface area contributed by atoms with Gasteiger partial charge in [-0.25, -0.2) is 0 Å². The average Bonchev–Trinajstić information content (AvgIpc) is 2.04. The Bertz CT molecular complexity index is 183. The van der Waals surface area contributed by atoms with Crippen molar-refractivity contribution in [1.29, 1.82) is 0 Å². The summed E-state index contributed by atoms with van der Waals surface area (Å²) in [6.07, 6.45) is 6.62. The second-order valence-corrected chi connectivity index (χ2v) is 2.81. The Morgan fingerprint density at radius 1 is 1.42 bits per heavy atom. The monoisotopic (exact) mass is 166 g/mol. The van der Waals surface area contributed by atoms with Gasteiger partial charge in [-0.05, 0) is 31.9 Å². The SMILES string of the molecule is C=CC=CC(OCCC)=C(C)C. The minimum Gasteiger partial charge on any atom is -0.494 e. The van der Waals surface area contributed by atoms with E-state index in [1.807, 2.05) is 26.0 Å². The maximum Gasteiger partial charge on any atom is 0.117 e. The van der Waals surface area contributed by atoms with Crippen LogP contribution in [0.3, 0.4) is 0 Å². The van der Waals surface area contributed by atoms with Gasteiger partial charge in [0.05, 0.1) is 6.61 Å². The van der Waals surface area contributed by atoms with E-state index in [0.29, 0.717) is 0 Å². The molecule has 0 unspecified atom stereocenters. The van der Waals surface area contributed by atoms with Crippen LogP contribution in [-0.2, 0) is 4.74 Å². The molecule has 0 saturated heterocycles. The van der Waals surface area contributed by atoms with E-state index in [-0.39, 0.29) is 0 Å². The van der Waals surface area contributed by atoms with Crippen molar-refractivity contribution >= 4 is 0 Å². The lowest BCUT2D eigenvalue weighted by Gasteiger charge is -2.06. The van der Waals surface area contributed by atoms with Crippen LogP contribution in [0.5, 0.6) is 0 Å². The van der Waals surface area contributed by atoms with Crippen LogP contribution < -0.4 is 0 Å². The maximum absolute atomic E-state index is 5.50. The quantitative estimate of drug-likeness (QED) is 0.449. The Labute approximate surface area is 75.4 Å². The number of ether oxygens (including phenoxy) is 1. The Kier molecular flexibility index (Phi) is 6.16. The molecule has 0 aromatic carbocycles. The molecule has 0 fully saturated rings. The third kappa shape index (κ3) is 4.78. The first-order valence-corrected chi connectivity index (χ1v) is 4.31. The molecule has 0 spiro atoms. The Hall–Kier alpha value is -0.980. The zero-order chi connectivity index (χ0) is 9.40. The largest absolute Gasteiger partial charge is 0.494 e. The van der Waals surface area contributed by atoms with Crippen LogP contribution in [0, 0.1) is 0 Å². The first kappa shape index (κ1) is 11.0. The summed E-state index contributed by atoms with van der Waals surface area (Å²) in [5, 5.41) is 0. The van der Waals surface area contributed by atoms with Gasteiger partial charge in [0.15, 0.2) is 0 Å². The molecule has 0 aromatic heterocycles. The van der Waals surface area contributed by atoms with Gasteiger partial charge < -0.3 is 4.74 Å². The van der Waals surface area contributed by atoms with Gasteiger partial charge >= 0.3 is 0 Å². The molecular formula is C11H18O. The zero-order valence-corrected chi connectivity index (χ0v) is 8.26. The highest BCUT2D eigenvalue weighted by Gasteiger charge is 1.93. The summed E-state index contributed by atoms with van der Waals surface area (Å²) < 4.78 is 5.50. The van der Waals surface area contributed by atoms with E-state index < -0.39 is 0 Å². The highest BCUT2D eigenvalue weighted by atomic mass is 16.5.